The highest BCUT2D eigenvalue weighted by molar-refractivity contribution is 9.10. The Labute approximate surface area is 175 Å². The van der Waals surface area contributed by atoms with Crippen molar-refractivity contribution < 1.29 is 14.5 Å². The number of ether oxygens (including phenoxy) is 1. The van der Waals surface area contributed by atoms with Crippen LogP contribution in [0.15, 0.2) is 88.3 Å². The number of halogens is 1. The molecule has 0 saturated carbocycles. The van der Waals surface area contributed by atoms with E-state index in [1.54, 1.807) is 48.7 Å². The molecule has 0 unspecified atom stereocenters. The average Bonchev–Trinajstić information content (AvgIpc) is 2.73. The van der Waals surface area contributed by atoms with Crippen molar-refractivity contribution >= 4 is 45.6 Å². The van der Waals surface area contributed by atoms with Crippen LogP contribution in [-0.4, -0.2) is 17.1 Å². The zero-order valence-electron chi connectivity index (χ0n) is 15.1. The van der Waals surface area contributed by atoms with Gasteiger partial charge in [0.1, 0.15) is 5.75 Å². The first-order valence-corrected chi connectivity index (χ1v) is 9.33. The maximum absolute atomic E-state index is 11.9. The highest BCUT2D eigenvalue weighted by atomic mass is 79.9. The van der Waals surface area contributed by atoms with E-state index in [2.05, 4.69) is 20.9 Å². The molecule has 0 atom stereocenters. The van der Waals surface area contributed by atoms with Crippen LogP contribution >= 0.6 is 15.9 Å². The quantitative estimate of drug-likeness (QED) is 0.120. The van der Waals surface area contributed by atoms with Gasteiger partial charge >= 0.3 is 5.97 Å². The normalized spacial score (nSPS) is 11.1. The molecule has 3 aromatic rings. The molecule has 0 aromatic heterocycles. The Morgan fingerprint density at radius 2 is 1.69 bits per heavy atom. The van der Waals surface area contributed by atoms with Gasteiger partial charge in [-0.2, -0.15) is 0 Å². The van der Waals surface area contributed by atoms with Gasteiger partial charge in [-0.25, -0.2) is 4.79 Å². The Balaban J connectivity index is 1.59. The molecule has 144 valence electrons. The summed E-state index contributed by atoms with van der Waals surface area (Å²) >= 11 is 3.36. The summed E-state index contributed by atoms with van der Waals surface area (Å²) in [7, 11) is 0. The molecule has 29 heavy (non-hydrogen) atoms. The minimum Gasteiger partial charge on any atom is -0.423 e. The summed E-state index contributed by atoms with van der Waals surface area (Å²) in [6.07, 6.45) is 4.62. The Hall–Kier alpha value is -3.58. The molecule has 0 aliphatic carbocycles. The number of benzene rings is 3. The minimum atomic E-state index is -0.481. The summed E-state index contributed by atoms with van der Waals surface area (Å²) < 4.78 is 6.23. The lowest BCUT2D eigenvalue weighted by molar-refractivity contribution is -0.384. The molecule has 0 heterocycles. The third kappa shape index (κ3) is 6.22. The van der Waals surface area contributed by atoms with Gasteiger partial charge in [0.25, 0.3) is 5.69 Å². The van der Waals surface area contributed by atoms with Crippen LogP contribution < -0.4 is 4.74 Å². The van der Waals surface area contributed by atoms with Crippen molar-refractivity contribution in [3.63, 3.8) is 0 Å². The fourth-order valence-corrected chi connectivity index (χ4v) is 2.61. The van der Waals surface area contributed by atoms with Crippen molar-refractivity contribution in [3.05, 3.63) is 105 Å². The van der Waals surface area contributed by atoms with Gasteiger partial charge in [-0.3, -0.25) is 15.1 Å². The van der Waals surface area contributed by atoms with Gasteiger partial charge in [0.05, 0.1) is 10.6 Å². The Morgan fingerprint density at radius 1 is 1.00 bits per heavy atom. The molecule has 7 heteroatoms. The number of hydrogen-bond acceptors (Lipinski definition) is 5. The van der Waals surface area contributed by atoms with Crippen molar-refractivity contribution in [2.45, 2.75) is 0 Å². The van der Waals surface area contributed by atoms with E-state index < -0.39 is 10.9 Å². The predicted molar refractivity (Wildman–Crippen MR) is 116 cm³/mol. The van der Waals surface area contributed by atoms with Crippen LogP contribution in [-0.2, 0) is 4.79 Å². The SMILES string of the molecule is O=C(/C=C/c1ccc(Br)cc1)Oc1ccc(C=Nc2cccc([N+](=O)[O-])c2)cc1. The zero-order chi connectivity index (χ0) is 20.6. The van der Waals surface area contributed by atoms with Crippen LogP contribution in [0.5, 0.6) is 5.75 Å². The molecule has 0 aliphatic heterocycles. The second kappa shape index (κ2) is 9.57. The molecular weight excluding hydrogens is 436 g/mol. The fourth-order valence-electron chi connectivity index (χ4n) is 2.35. The third-order valence-electron chi connectivity index (χ3n) is 3.78. The summed E-state index contributed by atoms with van der Waals surface area (Å²) in [5.74, 6) is -0.0751. The summed E-state index contributed by atoms with van der Waals surface area (Å²) in [6.45, 7) is 0. The van der Waals surface area contributed by atoms with Crippen LogP contribution in [0.1, 0.15) is 11.1 Å². The first-order valence-electron chi connectivity index (χ1n) is 8.54. The number of esters is 1. The number of carbonyl (C=O) groups is 1. The first-order chi connectivity index (χ1) is 14.0. The maximum Gasteiger partial charge on any atom is 0.336 e. The molecule has 3 rings (SSSR count). The van der Waals surface area contributed by atoms with Gasteiger partial charge in [0, 0.05) is 28.9 Å². The fraction of sp³-hybridized carbons (Fsp3) is 0. The highest BCUT2D eigenvalue weighted by Gasteiger charge is 2.04. The zero-order valence-corrected chi connectivity index (χ0v) is 16.7. The smallest absolute Gasteiger partial charge is 0.336 e. The maximum atomic E-state index is 11.9. The molecule has 0 fully saturated rings. The standard InChI is InChI=1S/C22H15BrN2O4/c23-18-9-4-16(5-10-18)8-13-22(26)29-21-11-6-17(7-12-21)15-24-19-2-1-3-20(14-19)25(27)28/h1-15H/b13-8+,24-15?. The molecular formula is C22H15BrN2O4. The van der Waals surface area contributed by atoms with E-state index in [-0.39, 0.29) is 5.69 Å². The highest BCUT2D eigenvalue weighted by Crippen LogP contribution is 2.20. The van der Waals surface area contributed by atoms with Gasteiger partial charge < -0.3 is 4.74 Å². The Bertz CT molecular complexity index is 1070. The average molecular weight is 451 g/mol. The molecule has 6 nitrogen and oxygen atoms in total. The van der Waals surface area contributed by atoms with E-state index in [0.717, 1.165) is 15.6 Å². The van der Waals surface area contributed by atoms with Gasteiger partial charge in [-0.1, -0.05) is 34.1 Å². The number of non-ortho nitro benzene ring substituents is 1. The number of nitro groups is 1. The van der Waals surface area contributed by atoms with Crippen LogP contribution in [0.25, 0.3) is 6.08 Å². The van der Waals surface area contributed by atoms with Gasteiger partial charge in [-0.15, -0.1) is 0 Å². The summed E-state index contributed by atoms with van der Waals surface area (Å²) in [4.78, 5) is 26.5. The number of nitro benzene ring substituents is 1. The number of hydrogen-bond donors (Lipinski definition) is 0. The van der Waals surface area contributed by atoms with Crippen molar-refractivity contribution in [1.29, 1.82) is 0 Å². The number of rotatable bonds is 6. The van der Waals surface area contributed by atoms with Crippen LogP contribution in [0.2, 0.25) is 0 Å². The Kier molecular flexibility index (Phi) is 6.65. The largest absolute Gasteiger partial charge is 0.423 e. The van der Waals surface area contributed by atoms with Crippen LogP contribution in [0.3, 0.4) is 0 Å². The molecule has 0 spiro atoms. The lowest BCUT2D eigenvalue weighted by Gasteiger charge is -2.02. The molecule has 0 radical (unpaired) electrons. The topological polar surface area (TPSA) is 81.8 Å². The van der Waals surface area contributed by atoms with E-state index in [0.29, 0.717) is 11.4 Å². The van der Waals surface area contributed by atoms with Gasteiger partial charge in [0.15, 0.2) is 0 Å². The summed E-state index contributed by atoms with van der Waals surface area (Å²) in [6, 6.07) is 20.4. The lowest BCUT2D eigenvalue weighted by atomic mass is 10.2. The van der Waals surface area contributed by atoms with E-state index in [1.807, 2.05) is 24.3 Å². The third-order valence-corrected chi connectivity index (χ3v) is 4.31. The van der Waals surface area contributed by atoms with E-state index >= 15 is 0 Å². The summed E-state index contributed by atoms with van der Waals surface area (Å²) in [5, 5.41) is 10.8. The van der Waals surface area contributed by atoms with E-state index in [9.17, 15) is 14.9 Å². The van der Waals surface area contributed by atoms with Crippen molar-refractivity contribution in [1.82, 2.24) is 0 Å². The van der Waals surface area contributed by atoms with Crippen LogP contribution in [0.4, 0.5) is 11.4 Å². The van der Waals surface area contributed by atoms with Gasteiger partial charge in [-0.05, 0) is 59.7 Å². The number of carbonyl (C=O) groups excluding carboxylic acids is 1. The minimum absolute atomic E-state index is 0.0156. The molecule has 0 N–H and O–H groups in total. The second-order valence-corrected chi connectivity index (χ2v) is 6.83. The second-order valence-electron chi connectivity index (χ2n) is 5.91. The van der Waals surface area contributed by atoms with Gasteiger partial charge in [0.2, 0.25) is 0 Å². The number of aliphatic imine (C=N–C) groups is 1. The molecule has 3 aromatic carbocycles. The molecule has 0 amide bonds. The molecule has 0 saturated heterocycles. The molecule has 0 bridgehead atoms. The molecule has 0 aliphatic rings. The Morgan fingerprint density at radius 3 is 2.38 bits per heavy atom. The monoisotopic (exact) mass is 450 g/mol. The van der Waals surface area contributed by atoms with Crippen molar-refractivity contribution in [2.75, 3.05) is 0 Å². The predicted octanol–water partition coefficient (Wildman–Crippen LogP) is 5.73. The number of nitrogens with zero attached hydrogens (tertiary/aromatic N) is 2. The first kappa shape index (κ1) is 20.2. The van der Waals surface area contributed by atoms with Crippen LogP contribution in [0, 0.1) is 10.1 Å². The van der Waals surface area contributed by atoms with E-state index in [4.69, 9.17) is 4.74 Å². The lowest BCUT2D eigenvalue weighted by Crippen LogP contribution is -2.03. The summed E-state index contributed by atoms with van der Waals surface area (Å²) in [5.41, 5.74) is 2.12. The van der Waals surface area contributed by atoms with Crippen molar-refractivity contribution in [3.8, 4) is 5.75 Å². The van der Waals surface area contributed by atoms with Crippen molar-refractivity contribution in [2.24, 2.45) is 4.99 Å². The van der Waals surface area contributed by atoms with E-state index in [1.165, 1.54) is 18.2 Å².